The Bertz CT molecular complexity index is 645. The van der Waals surface area contributed by atoms with Crippen LogP contribution in [-0.2, 0) is 0 Å². The second-order valence-electron chi connectivity index (χ2n) is 3.42. The summed E-state index contributed by atoms with van der Waals surface area (Å²) >= 11 is 3.26. The van der Waals surface area contributed by atoms with Gasteiger partial charge in [-0.1, -0.05) is 15.9 Å². The van der Waals surface area contributed by atoms with Crippen molar-refractivity contribution in [3.8, 4) is 5.75 Å². The highest BCUT2D eigenvalue weighted by atomic mass is 79.9. The van der Waals surface area contributed by atoms with Gasteiger partial charge in [-0.05, 0) is 25.1 Å². The minimum atomic E-state index is -0.570. The molecule has 0 aliphatic rings. The number of pyridine rings is 1. The highest BCUT2D eigenvalue weighted by Gasteiger charge is 2.15. The topological polar surface area (TPSA) is 70.2 Å². The summed E-state index contributed by atoms with van der Waals surface area (Å²) in [7, 11) is 0. The van der Waals surface area contributed by atoms with E-state index in [0.717, 1.165) is 4.47 Å². The number of Topliss-reactive ketones (excluding diaryl/α,β-unsaturated/α-hetero) is 1. The van der Waals surface area contributed by atoms with Crippen LogP contribution in [0.5, 0.6) is 5.75 Å². The Morgan fingerprint density at radius 1 is 1.44 bits per heavy atom. The number of hydrogen-bond acceptors (Lipinski definition) is 3. The van der Waals surface area contributed by atoms with Crippen LogP contribution in [0.15, 0.2) is 27.5 Å². The molecule has 16 heavy (non-hydrogen) atoms. The number of aromatic hydroxyl groups is 1. The van der Waals surface area contributed by atoms with Crippen LogP contribution in [0.25, 0.3) is 10.9 Å². The van der Waals surface area contributed by atoms with E-state index >= 15 is 0 Å². The summed E-state index contributed by atoms with van der Waals surface area (Å²) in [5.74, 6) is -0.729. The Labute approximate surface area is 99.0 Å². The summed E-state index contributed by atoms with van der Waals surface area (Å²) in [6.45, 7) is 1.24. The lowest BCUT2D eigenvalue weighted by atomic mass is 10.1. The Kier molecular flexibility index (Phi) is 2.55. The van der Waals surface area contributed by atoms with Crippen LogP contribution in [0.4, 0.5) is 0 Å². The lowest BCUT2D eigenvalue weighted by molar-refractivity contribution is 0.101. The van der Waals surface area contributed by atoms with Crippen molar-refractivity contribution in [2.75, 3.05) is 0 Å². The molecule has 2 N–H and O–H groups in total. The average Bonchev–Trinajstić information content (AvgIpc) is 2.19. The highest BCUT2D eigenvalue weighted by Crippen LogP contribution is 2.27. The molecule has 1 aromatic carbocycles. The van der Waals surface area contributed by atoms with Crippen LogP contribution in [0.2, 0.25) is 0 Å². The maximum Gasteiger partial charge on any atom is 0.263 e. The molecule has 5 heteroatoms. The Hall–Kier alpha value is -1.62. The SMILES string of the molecule is CC(=O)c1c(O)c2cc(Br)ccc2[nH]c1=O. The minimum absolute atomic E-state index is 0.203. The van der Waals surface area contributed by atoms with E-state index in [2.05, 4.69) is 20.9 Å². The van der Waals surface area contributed by atoms with E-state index in [9.17, 15) is 14.7 Å². The van der Waals surface area contributed by atoms with E-state index in [0.29, 0.717) is 10.9 Å². The van der Waals surface area contributed by atoms with E-state index in [-0.39, 0.29) is 11.3 Å². The van der Waals surface area contributed by atoms with Gasteiger partial charge in [0.2, 0.25) is 0 Å². The van der Waals surface area contributed by atoms with E-state index in [4.69, 9.17) is 0 Å². The van der Waals surface area contributed by atoms with Gasteiger partial charge >= 0.3 is 0 Å². The van der Waals surface area contributed by atoms with Gasteiger partial charge in [-0.2, -0.15) is 0 Å². The fourth-order valence-electron chi connectivity index (χ4n) is 1.58. The maximum atomic E-state index is 11.5. The van der Waals surface area contributed by atoms with Crippen molar-refractivity contribution in [1.29, 1.82) is 0 Å². The number of hydrogen-bond donors (Lipinski definition) is 2. The van der Waals surface area contributed by atoms with Crippen LogP contribution in [-0.4, -0.2) is 15.9 Å². The minimum Gasteiger partial charge on any atom is -0.506 e. The summed E-state index contributed by atoms with van der Waals surface area (Å²) in [4.78, 5) is 25.3. The lowest BCUT2D eigenvalue weighted by Crippen LogP contribution is -2.16. The zero-order chi connectivity index (χ0) is 11.9. The number of carbonyl (C=O) groups excluding carboxylic acids is 1. The van der Waals surface area contributed by atoms with E-state index in [1.165, 1.54) is 6.92 Å². The Morgan fingerprint density at radius 2 is 2.12 bits per heavy atom. The molecule has 0 bridgehead atoms. The largest absolute Gasteiger partial charge is 0.506 e. The second kappa shape index (κ2) is 3.75. The molecule has 0 aliphatic carbocycles. The Balaban J connectivity index is 2.96. The van der Waals surface area contributed by atoms with Crippen molar-refractivity contribution >= 4 is 32.6 Å². The molecule has 1 heterocycles. The van der Waals surface area contributed by atoms with Crippen molar-refractivity contribution in [3.63, 3.8) is 0 Å². The number of ketones is 1. The number of benzene rings is 1. The predicted molar refractivity (Wildman–Crippen MR) is 63.9 cm³/mol. The fourth-order valence-corrected chi connectivity index (χ4v) is 1.94. The molecule has 0 amide bonds. The quantitative estimate of drug-likeness (QED) is 0.788. The fraction of sp³-hybridized carbons (Fsp3) is 0.0909. The zero-order valence-electron chi connectivity index (χ0n) is 8.37. The van der Waals surface area contributed by atoms with Crippen molar-refractivity contribution < 1.29 is 9.90 Å². The van der Waals surface area contributed by atoms with E-state index < -0.39 is 11.3 Å². The van der Waals surface area contributed by atoms with Crippen molar-refractivity contribution in [2.45, 2.75) is 6.92 Å². The Morgan fingerprint density at radius 3 is 2.75 bits per heavy atom. The normalized spacial score (nSPS) is 10.6. The number of aromatic amines is 1. The molecule has 0 unspecified atom stereocenters. The number of rotatable bonds is 1. The molecule has 0 atom stereocenters. The van der Waals surface area contributed by atoms with Crippen molar-refractivity contribution in [3.05, 3.63) is 38.6 Å². The van der Waals surface area contributed by atoms with Gasteiger partial charge in [0, 0.05) is 9.86 Å². The number of fused-ring (bicyclic) bond motifs is 1. The second-order valence-corrected chi connectivity index (χ2v) is 4.34. The molecule has 2 rings (SSSR count). The van der Waals surface area contributed by atoms with Gasteiger partial charge in [-0.3, -0.25) is 9.59 Å². The first-order chi connectivity index (χ1) is 7.50. The standard InChI is InChI=1S/C11H8BrNO3/c1-5(14)9-10(15)7-4-6(12)2-3-8(7)13-11(9)16/h2-4H,1H3,(H2,13,15,16). The lowest BCUT2D eigenvalue weighted by Gasteiger charge is -2.05. The van der Waals surface area contributed by atoms with E-state index in [1.807, 2.05) is 0 Å². The number of nitrogens with one attached hydrogen (secondary N) is 1. The molecule has 0 aliphatic heterocycles. The predicted octanol–water partition coefficient (Wildman–Crippen LogP) is 2.20. The van der Waals surface area contributed by atoms with Crippen molar-refractivity contribution in [2.24, 2.45) is 0 Å². The first-order valence-corrected chi connectivity index (χ1v) is 5.35. The van der Waals surface area contributed by atoms with Crippen LogP contribution >= 0.6 is 15.9 Å². The summed E-state index contributed by atoms with van der Waals surface area (Å²) in [5, 5.41) is 10.3. The smallest absolute Gasteiger partial charge is 0.263 e. The summed E-state index contributed by atoms with van der Waals surface area (Å²) in [5.41, 5.74) is -0.277. The van der Waals surface area contributed by atoms with Gasteiger partial charge < -0.3 is 10.1 Å². The molecule has 2 aromatic rings. The average molecular weight is 282 g/mol. The number of aromatic nitrogens is 1. The number of halogens is 1. The molecular formula is C11H8BrNO3. The van der Waals surface area contributed by atoms with Gasteiger partial charge in [0.25, 0.3) is 5.56 Å². The van der Waals surface area contributed by atoms with Crippen molar-refractivity contribution in [1.82, 2.24) is 4.98 Å². The molecule has 0 radical (unpaired) electrons. The van der Waals surface area contributed by atoms with Gasteiger partial charge in [0.1, 0.15) is 11.3 Å². The van der Waals surface area contributed by atoms with Crippen LogP contribution < -0.4 is 5.56 Å². The van der Waals surface area contributed by atoms with Gasteiger partial charge in [-0.15, -0.1) is 0 Å². The third-order valence-corrected chi connectivity index (χ3v) is 2.79. The maximum absolute atomic E-state index is 11.5. The summed E-state index contributed by atoms with van der Waals surface area (Å²) < 4.78 is 0.761. The van der Waals surface area contributed by atoms with Gasteiger partial charge in [0.15, 0.2) is 5.78 Å². The van der Waals surface area contributed by atoms with Crippen LogP contribution in [0.3, 0.4) is 0 Å². The third-order valence-electron chi connectivity index (χ3n) is 2.30. The molecular weight excluding hydrogens is 274 g/mol. The van der Waals surface area contributed by atoms with Crippen LogP contribution in [0.1, 0.15) is 17.3 Å². The van der Waals surface area contributed by atoms with Crippen LogP contribution in [0, 0.1) is 0 Å². The number of carbonyl (C=O) groups is 1. The monoisotopic (exact) mass is 281 g/mol. The molecule has 0 fully saturated rings. The molecule has 0 saturated carbocycles. The van der Waals surface area contributed by atoms with Gasteiger partial charge in [0.05, 0.1) is 5.52 Å². The molecule has 1 aromatic heterocycles. The zero-order valence-corrected chi connectivity index (χ0v) is 9.96. The molecule has 0 spiro atoms. The highest BCUT2D eigenvalue weighted by molar-refractivity contribution is 9.10. The summed E-state index contributed by atoms with van der Waals surface area (Å²) in [6, 6.07) is 5.04. The van der Waals surface area contributed by atoms with E-state index in [1.54, 1.807) is 18.2 Å². The number of H-pyrrole nitrogens is 1. The first kappa shape index (κ1) is 10.9. The summed E-state index contributed by atoms with van der Waals surface area (Å²) in [6.07, 6.45) is 0. The molecule has 4 nitrogen and oxygen atoms in total. The molecule has 82 valence electrons. The first-order valence-electron chi connectivity index (χ1n) is 4.56. The third kappa shape index (κ3) is 1.63. The molecule has 0 saturated heterocycles. The van der Waals surface area contributed by atoms with Gasteiger partial charge in [-0.25, -0.2) is 0 Å².